The molecule has 1 amide bonds. The van der Waals surface area contributed by atoms with Crippen LogP contribution >= 0.6 is 0 Å². The van der Waals surface area contributed by atoms with Gasteiger partial charge in [0, 0.05) is 37.7 Å². The van der Waals surface area contributed by atoms with E-state index in [1.165, 1.54) is 0 Å². The molecule has 30 heavy (non-hydrogen) atoms. The second-order valence-corrected chi connectivity index (χ2v) is 8.04. The van der Waals surface area contributed by atoms with Crippen molar-refractivity contribution in [1.82, 2.24) is 14.5 Å². The minimum atomic E-state index is -0.453. The van der Waals surface area contributed by atoms with Crippen LogP contribution in [0.25, 0.3) is 11.0 Å². The minimum Gasteiger partial charge on any atom is -0.493 e. The van der Waals surface area contributed by atoms with Crippen LogP contribution in [0.5, 0.6) is 11.5 Å². The van der Waals surface area contributed by atoms with Crippen molar-refractivity contribution in [3.8, 4) is 11.5 Å². The molecule has 3 aromatic rings. The van der Waals surface area contributed by atoms with E-state index in [1.54, 1.807) is 11.0 Å². The average Bonchev–Trinajstić information content (AvgIpc) is 3.31. The van der Waals surface area contributed by atoms with Crippen molar-refractivity contribution in [1.29, 1.82) is 0 Å². The van der Waals surface area contributed by atoms with Gasteiger partial charge in [-0.1, -0.05) is 18.2 Å². The van der Waals surface area contributed by atoms with Crippen molar-refractivity contribution in [3.63, 3.8) is 0 Å². The van der Waals surface area contributed by atoms with E-state index in [9.17, 15) is 9.90 Å². The summed E-state index contributed by atoms with van der Waals surface area (Å²) < 4.78 is 14.2. The van der Waals surface area contributed by atoms with Crippen LogP contribution in [0.2, 0.25) is 0 Å². The number of para-hydroxylation sites is 1. The number of aromatic nitrogens is 2. The molecule has 2 aliphatic heterocycles. The topological polar surface area (TPSA) is 76.8 Å². The monoisotopic (exact) mass is 407 g/mol. The Balaban J connectivity index is 1.56. The van der Waals surface area contributed by atoms with E-state index in [-0.39, 0.29) is 12.0 Å². The number of rotatable bonds is 3. The first-order valence-electron chi connectivity index (χ1n) is 10.3. The largest absolute Gasteiger partial charge is 0.493 e. The van der Waals surface area contributed by atoms with Crippen LogP contribution in [0.15, 0.2) is 36.4 Å². The third-order valence-corrected chi connectivity index (χ3v) is 6.05. The Labute approximate surface area is 174 Å². The molecule has 2 atom stereocenters. The molecule has 0 bridgehead atoms. The van der Waals surface area contributed by atoms with Crippen molar-refractivity contribution in [2.45, 2.75) is 32.0 Å². The van der Waals surface area contributed by atoms with Crippen LogP contribution in [0, 0.1) is 6.92 Å². The van der Waals surface area contributed by atoms with E-state index >= 15 is 0 Å². The van der Waals surface area contributed by atoms with Gasteiger partial charge in [-0.2, -0.15) is 0 Å². The summed E-state index contributed by atoms with van der Waals surface area (Å²) in [4.78, 5) is 19.5. The SMILES string of the molecule is Cc1nc2c(OC3CCOc4ccccc43)cc(C(=O)N3CC[C@@H](O)C3)cc2n1C. The number of β-amino-alcohol motifs (C(OH)–C–C–N with tert-alkyl or cyclic N) is 1. The first-order chi connectivity index (χ1) is 14.5. The Hall–Kier alpha value is -3.06. The van der Waals surface area contributed by atoms with Crippen molar-refractivity contribution in [2.24, 2.45) is 7.05 Å². The zero-order valence-corrected chi connectivity index (χ0v) is 17.2. The van der Waals surface area contributed by atoms with Gasteiger partial charge in [-0.3, -0.25) is 4.79 Å². The fraction of sp³-hybridized carbons (Fsp3) is 0.391. The quantitative estimate of drug-likeness (QED) is 0.722. The highest BCUT2D eigenvalue weighted by atomic mass is 16.5. The summed E-state index contributed by atoms with van der Waals surface area (Å²) in [5.74, 6) is 2.19. The second-order valence-electron chi connectivity index (χ2n) is 8.04. The van der Waals surface area contributed by atoms with Crippen LogP contribution in [0.3, 0.4) is 0 Å². The van der Waals surface area contributed by atoms with Gasteiger partial charge in [0.05, 0.1) is 18.2 Å². The second kappa shape index (κ2) is 7.32. The van der Waals surface area contributed by atoms with Crippen LogP contribution < -0.4 is 9.47 Å². The maximum absolute atomic E-state index is 13.1. The Kier molecular flexibility index (Phi) is 4.62. The molecule has 0 aliphatic carbocycles. The Morgan fingerprint density at radius 2 is 2.10 bits per heavy atom. The third-order valence-electron chi connectivity index (χ3n) is 6.05. The number of hydrogen-bond acceptors (Lipinski definition) is 5. The summed E-state index contributed by atoms with van der Waals surface area (Å²) in [6, 6.07) is 11.5. The third kappa shape index (κ3) is 3.19. The van der Waals surface area contributed by atoms with Crippen molar-refractivity contribution in [3.05, 3.63) is 53.3 Å². The maximum Gasteiger partial charge on any atom is 0.254 e. The molecule has 7 nitrogen and oxygen atoms in total. The molecule has 1 fully saturated rings. The smallest absolute Gasteiger partial charge is 0.254 e. The predicted octanol–water partition coefficient (Wildman–Crippen LogP) is 2.99. The van der Waals surface area contributed by atoms with Crippen LogP contribution in [0.4, 0.5) is 0 Å². The van der Waals surface area contributed by atoms with Crippen molar-refractivity contribution >= 4 is 16.9 Å². The molecule has 3 heterocycles. The fourth-order valence-corrected chi connectivity index (χ4v) is 4.28. The molecule has 1 N–H and O–H groups in total. The number of nitrogens with zero attached hydrogens (tertiary/aromatic N) is 3. The molecule has 7 heteroatoms. The molecule has 1 saturated heterocycles. The highest BCUT2D eigenvalue weighted by Crippen LogP contribution is 2.38. The highest BCUT2D eigenvalue weighted by molar-refractivity contribution is 5.99. The summed E-state index contributed by atoms with van der Waals surface area (Å²) >= 11 is 0. The number of aliphatic hydroxyl groups is 1. The number of imidazole rings is 1. The number of benzene rings is 2. The molecular weight excluding hydrogens is 382 g/mol. The Morgan fingerprint density at radius 3 is 2.90 bits per heavy atom. The minimum absolute atomic E-state index is 0.0930. The van der Waals surface area contributed by atoms with Gasteiger partial charge in [0.1, 0.15) is 28.9 Å². The van der Waals surface area contributed by atoms with E-state index in [2.05, 4.69) is 4.98 Å². The van der Waals surface area contributed by atoms with Gasteiger partial charge in [0.2, 0.25) is 0 Å². The number of fused-ring (bicyclic) bond motifs is 2. The molecule has 156 valence electrons. The average molecular weight is 407 g/mol. The molecule has 0 radical (unpaired) electrons. The lowest BCUT2D eigenvalue weighted by Crippen LogP contribution is -2.29. The number of aliphatic hydroxyl groups excluding tert-OH is 1. The number of aryl methyl sites for hydroxylation is 2. The molecule has 0 spiro atoms. The Bertz CT molecular complexity index is 1120. The van der Waals surface area contributed by atoms with Crippen molar-refractivity contribution < 1.29 is 19.4 Å². The molecule has 5 rings (SSSR count). The predicted molar refractivity (Wildman–Crippen MR) is 112 cm³/mol. The molecule has 1 unspecified atom stereocenters. The molecule has 1 aromatic heterocycles. The zero-order chi connectivity index (χ0) is 20.8. The number of ether oxygens (including phenoxy) is 2. The summed E-state index contributed by atoms with van der Waals surface area (Å²) in [6.45, 7) is 3.44. The van der Waals surface area contributed by atoms with Gasteiger partial charge in [0.15, 0.2) is 0 Å². The van der Waals surface area contributed by atoms with Gasteiger partial charge >= 0.3 is 0 Å². The van der Waals surface area contributed by atoms with Gasteiger partial charge in [0.25, 0.3) is 5.91 Å². The summed E-state index contributed by atoms with van der Waals surface area (Å²) in [6.07, 6.45) is 0.715. The number of amides is 1. The van der Waals surface area contributed by atoms with Gasteiger partial charge < -0.3 is 24.0 Å². The number of likely N-dealkylation sites (tertiary alicyclic amines) is 1. The van der Waals surface area contributed by atoms with Gasteiger partial charge in [-0.25, -0.2) is 4.98 Å². The van der Waals surface area contributed by atoms with E-state index < -0.39 is 6.10 Å². The van der Waals surface area contributed by atoms with E-state index in [4.69, 9.17) is 9.47 Å². The van der Waals surface area contributed by atoms with Crippen LogP contribution in [-0.2, 0) is 7.05 Å². The Morgan fingerprint density at radius 1 is 1.27 bits per heavy atom. The summed E-state index contributed by atoms with van der Waals surface area (Å²) in [5.41, 5.74) is 3.16. The number of carbonyl (C=O) groups is 1. The molecule has 2 aliphatic rings. The van der Waals surface area contributed by atoms with E-state index in [0.29, 0.717) is 37.4 Å². The normalized spacial score (nSPS) is 20.8. The summed E-state index contributed by atoms with van der Waals surface area (Å²) in [5, 5.41) is 9.83. The highest BCUT2D eigenvalue weighted by Gasteiger charge is 2.28. The first kappa shape index (κ1) is 18.9. The maximum atomic E-state index is 13.1. The van der Waals surface area contributed by atoms with Crippen LogP contribution in [-0.4, -0.2) is 51.3 Å². The van der Waals surface area contributed by atoms with Gasteiger partial charge in [-0.15, -0.1) is 0 Å². The lowest BCUT2D eigenvalue weighted by atomic mass is 10.0. The van der Waals surface area contributed by atoms with Gasteiger partial charge in [-0.05, 0) is 31.5 Å². The fourth-order valence-electron chi connectivity index (χ4n) is 4.28. The standard InChI is InChI=1S/C23H25N3O4/c1-14-24-22-18(25(14)2)11-15(23(28)26-9-7-16(27)13-26)12-21(22)30-20-8-10-29-19-6-4-3-5-17(19)20/h3-6,11-12,16,20,27H,7-10,13H2,1-2H3/t16-,20?/m1/s1. The van der Waals surface area contributed by atoms with Crippen LogP contribution in [0.1, 0.15) is 40.7 Å². The summed E-state index contributed by atoms with van der Waals surface area (Å²) in [7, 11) is 1.94. The van der Waals surface area contributed by atoms with E-state index in [1.807, 2.05) is 48.9 Å². The number of carbonyl (C=O) groups excluding carboxylic acids is 1. The number of hydrogen-bond donors (Lipinski definition) is 1. The molecule has 2 aromatic carbocycles. The molecule has 0 saturated carbocycles. The van der Waals surface area contributed by atoms with Crippen molar-refractivity contribution in [2.75, 3.05) is 19.7 Å². The first-order valence-corrected chi connectivity index (χ1v) is 10.3. The molecular formula is C23H25N3O4. The lowest BCUT2D eigenvalue weighted by Gasteiger charge is -2.27. The lowest BCUT2D eigenvalue weighted by molar-refractivity contribution is 0.0764. The zero-order valence-electron chi connectivity index (χ0n) is 17.2. The van der Waals surface area contributed by atoms with E-state index in [0.717, 1.165) is 34.6 Å².